The second-order valence-corrected chi connectivity index (χ2v) is 4.78. The van der Waals surface area contributed by atoms with Gasteiger partial charge in [0.1, 0.15) is 11.9 Å². The Hall–Kier alpha value is -1.60. The molecule has 1 N–H and O–H groups in total. The summed E-state index contributed by atoms with van der Waals surface area (Å²) < 4.78 is 0. The van der Waals surface area contributed by atoms with E-state index < -0.39 is 0 Å². The molecule has 1 rings (SSSR count). The van der Waals surface area contributed by atoms with Gasteiger partial charge in [0.25, 0.3) is 0 Å². The predicted molar refractivity (Wildman–Crippen MR) is 79.3 cm³/mol. The van der Waals surface area contributed by atoms with Gasteiger partial charge in [-0.2, -0.15) is 5.26 Å². The Labute approximate surface area is 116 Å². The lowest BCUT2D eigenvalue weighted by molar-refractivity contribution is 0.300. The summed E-state index contributed by atoms with van der Waals surface area (Å²) >= 11 is 0. The zero-order valence-electron chi connectivity index (χ0n) is 12.5. The molecule has 0 saturated carbocycles. The van der Waals surface area contributed by atoms with Crippen LogP contribution in [0.4, 0.5) is 5.82 Å². The minimum atomic E-state index is 0.657. The largest absolute Gasteiger partial charge is 0.368 e. The van der Waals surface area contributed by atoms with Gasteiger partial charge in [-0.25, -0.2) is 4.98 Å². The standard InChI is InChI=1S/C15H24N4/c1-5-8-19(6-2)9-7-17-15-14(11-16)12(3)10-13(4)18-15/h10H,5-9H2,1-4H3,(H,17,18). The number of likely N-dealkylation sites (N-methyl/N-ethyl adjacent to an activating group) is 1. The van der Waals surface area contributed by atoms with Crippen LogP contribution in [0.1, 0.15) is 37.1 Å². The van der Waals surface area contributed by atoms with Gasteiger partial charge in [-0.3, -0.25) is 0 Å². The zero-order valence-corrected chi connectivity index (χ0v) is 12.5. The van der Waals surface area contributed by atoms with Crippen LogP contribution < -0.4 is 5.32 Å². The fourth-order valence-electron chi connectivity index (χ4n) is 2.18. The van der Waals surface area contributed by atoms with E-state index in [4.69, 9.17) is 0 Å². The Morgan fingerprint density at radius 1 is 1.32 bits per heavy atom. The third-order valence-corrected chi connectivity index (χ3v) is 3.16. The van der Waals surface area contributed by atoms with Crippen LogP contribution in [0.2, 0.25) is 0 Å². The molecule has 1 heterocycles. The van der Waals surface area contributed by atoms with Crippen molar-refractivity contribution in [2.75, 3.05) is 31.5 Å². The Kier molecular flexibility index (Phi) is 6.31. The fourth-order valence-corrected chi connectivity index (χ4v) is 2.18. The topological polar surface area (TPSA) is 52.0 Å². The first-order valence-electron chi connectivity index (χ1n) is 6.96. The van der Waals surface area contributed by atoms with E-state index in [1.807, 2.05) is 19.9 Å². The van der Waals surface area contributed by atoms with Gasteiger partial charge in [0.05, 0.1) is 5.56 Å². The van der Waals surface area contributed by atoms with Gasteiger partial charge in [-0.05, 0) is 45.0 Å². The molecule has 0 atom stereocenters. The minimum absolute atomic E-state index is 0.657. The van der Waals surface area contributed by atoms with E-state index in [0.29, 0.717) is 11.4 Å². The maximum atomic E-state index is 9.19. The monoisotopic (exact) mass is 260 g/mol. The highest BCUT2D eigenvalue weighted by atomic mass is 15.1. The van der Waals surface area contributed by atoms with E-state index in [2.05, 4.69) is 35.1 Å². The van der Waals surface area contributed by atoms with Crippen molar-refractivity contribution in [2.45, 2.75) is 34.1 Å². The van der Waals surface area contributed by atoms with Crippen molar-refractivity contribution < 1.29 is 0 Å². The first kappa shape index (κ1) is 15.5. The van der Waals surface area contributed by atoms with Crippen LogP contribution >= 0.6 is 0 Å². The van der Waals surface area contributed by atoms with Crippen LogP contribution in [-0.2, 0) is 0 Å². The van der Waals surface area contributed by atoms with E-state index in [-0.39, 0.29) is 0 Å². The molecule has 0 spiro atoms. The minimum Gasteiger partial charge on any atom is -0.368 e. The summed E-state index contributed by atoms with van der Waals surface area (Å²) in [6.07, 6.45) is 1.17. The van der Waals surface area contributed by atoms with E-state index in [1.54, 1.807) is 0 Å². The number of aryl methyl sites for hydroxylation is 2. The Morgan fingerprint density at radius 2 is 2.05 bits per heavy atom. The van der Waals surface area contributed by atoms with Crippen molar-refractivity contribution in [3.05, 3.63) is 22.9 Å². The summed E-state index contributed by atoms with van der Waals surface area (Å²) in [5, 5.41) is 12.5. The van der Waals surface area contributed by atoms with Crippen LogP contribution in [-0.4, -0.2) is 36.1 Å². The lowest BCUT2D eigenvalue weighted by Crippen LogP contribution is -2.30. The van der Waals surface area contributed by atoms with Crippen molar-refractivity contribution in [1.82, 2.24) is 9.88 Å². The second kappa shape index (κ2) is 7.75. The van der Waals surface area contributed by atoms with Gasteiger partial charge >= 0.3 is 0 Å². The number of nitrogens with zero attached hydrogens (tertiary/aromatic N) is 3. The zero-order chi connectivity index (χ0) is 14.3. The third kappa shape index (κ3) is 4.53. The van der Waals surface area contributed by atoms with Gasteiger partial charge in [0.2, 0.25) is 0 Å². The van der Waals surface area contributed by atoms with Crippen LogP contribution in [0.3, 0.4) is 0 Å². The van der Waals surface area contributed by atoms with Crippen molar-refractivity contribution in [3.8, 4) is 6.07 Å². The summed E-state index contributed by atoms with van der Waals surface area (Å²) in [5.74, 6) is 0.715. The molecule has 0 aliphatic rings. The first-order valence-corrected chi connectivity index (χ1v) is 6.96. The molecule has 0 amide bonds. The Balaban J connectivity index is 2.65. The first-order chi connectivity index (χ1) is 9.12. The normalized spacial score (nSPS) is 10.5. The molecule has 0 aromatic carbocycles. The lowest BCUT2D eigenvalue weighted by Gasteiger charge is -2.20. The number of hydrogen-bond acceptors (Lipinski definition) is 4. The molecular formula is C15H24N4. The SMILES string of the molecule is CCCN(CC)CCNc1nc(C)cc(C)c1C#N. The number of nitriles is 1. The molecule has 1 aromatic rings. The van der Waals surface area contributed by atoms with Crippen LogP contribution in [0.15, 0.2) is 6.07 Å². The van der Waals surface area contributed by atoms with E-state index >= 15 is 0 Å². The summed E-state index contributed by atoms with van der Waals surface area (Å²) in [4.78, 5) is 6.81. The average Bonchev–Trinajstić information content (AvgIpc) is 2.37. The van der Waals surface area contributed by atoms with Gasteiger partial charge in [-0.15, -0.1) is 0 Å². The number of hydrogen-bond donors (Lipinski definition) is 1. The Bertz CT molecular complexity index is 448. The van der Waals surface area contributed by atoms with Gasteiger partial charge in [0.15, 0.2) is 0 Å². The number of aromatic nitrogens is 1. The number of pyridine rings is 1. The highest BCUT2D eigenvalue weighted by molar-refractivity contribution is 5.56. The molecule has 4 nitrogen and oxygen atoms in total. The predicted octanol–water partition coefficient (Wildman–Crippen LogP) is 2.71. The molecule has 0 saturated heterocycles. The maximum absolute atomic E-state index is 9.19. The van der Waals surface area contributed by atoms with Gasteiger partial charge < -0.3 is 10.2 Å². The smallest absolute Gasteiger partial charge is 0.144 e. The molecule has 0 aliphatic heterocycles. The Morgan fingerprint density at radius 3 is 2.63 bits per heavy atom. The third-order valence-electron chi connectivity index (χ3n) is 3.16. The van der Waals surface area contributed by atoms with Gasteiger partial charge in [0, 0.05) is 18.8 Å². The van der Waals surface area contributed by atoms with Crippen molar-refractivity contribution >= 4 is 5.82 Å². The summed E-state index contributed by atoms with van der Waals surface area (Å²) in [7, 11) is 0. The number of rotatable bonds is 7. The van der Waals surface area contributed by atoms with Crippen molar-refractivity contribution in [3.63, 3.8) is 0 Å². The lowest BCUT2D eigenvalue weighted by atomic mass is 10.1. The average molecular weight is 260 g/mol. The molecule has 0 bridgehead atoms. The maximum Gasteiger partial charge on any atom is 0.144 e. The molecule has 0 fully saturated rings. The molecule has 0 radical (unpaired) electrons. The molecule has 4 heteroatoms. The quantitative estimate of drug-likeness (QED) is 0.819. The van der Waals surface area contributed by atoms with E-state index in [0.717, 1.165) is 37.4 Å². The van der Waals surface area contributed by atoms with Crippen LogP contribution in [0.5, 0.6) is 0 Å². The molecule has 104 valence electrons. The van der Waals surface area contributed by atoms with Crippen LogP contribution in [0, 0.1) is 25.2 Å². The molecule has 19 heavy (non-hydrogen) atoms. The molecule has 1 aromatic heterocycles. The number of anilines is 1. The number of nitrogens with one attached hydrogen (secondary N) is 1. The molecule has 0 unspecified atom stereocenters. The van der Waals surface area contributed by atoms with Crippen LogP contribution in [0.25, 0.3) is 0 Å². The van der Waals surface area contributed by atoms with Crippen molar-refractivity contribution in [1.29, 1.82) is 5.26 Å². The molecular weight excluding hydrogens is 236 g/mol. The summed E-state index contributed by atoms with van der Waals surface area (Å²) in [6.45, 7) is 12.2. The summed E-state index contributed by atoms with van der Waals surface area (Å²) in [5.41, 5.74) is 2.59. The van der Waals surface area contributed by atoms with E-state index in [9.17, 15) is 5.26 Å². The summed E-state index contributed by atoms with van der Waals surface area (Å²) in [6, 6.07) is 4.17. The molecule has 0 aliphatic carbocycles. The second-order valence-electron chi connectivity index (χ2n) is 4.78. The highest BCUT2D eigenvalue weighted by Crippen LogP contribution is 2.17. The van der Waals surface area contributed by atoms with Gasteiger partial charge in [-0.1, -0.05) is 13.8 Å². The fraction of sp³-hybridized carbons (Fsp3) is 0.600. The van der Waals surface area contributed by atoms with E-state index in [1.165, 1.54) is 6.42 Å². The van der Waals surface area contributed by atoms with Crippen molar-refractivity contribution in [2.24, 2.45) is 0 Å². The highest BCUT2D eigenvalue weighted by Gasteiger charge is 2.08.